The molecule has 5 nitrogen and oxygen atoms in total. The number of aliphatic hydroxyl groups excluding tert-OH is 1. The van der Waals surface area contributed by atoms with Crippen molar-refractivity contribution in [2.45, 2.75) is 13.0 Å². The molecule has 0 amide bonds. The van der Waals surface area contributed by atoms with Crippen molar-refractivity contribution in [1.29, 1.82) is 0 Å². The molecule has 0 aliphatic carbocycles. The molecular formula is C13H14N2O3. The Morgan fingerprint density at radius 1 is 1.44 bits per heavy atom. The lowest BCUT2D eigenvalue weighted by Gasteiger charge is -2.14. The van der Waals surface area contributed by atoms with Crippen LogP contribution in [0.3, 0.4) is 0 Å². The van der Waals surface area contributed by atoms with Gasteiger partial charge < -0.3 is 15.5 Å². The molecule has 94 valence electrons. The van der Waals surface area contributed by atoms with E-state index in [2.05, 4.69) is 10.3 Å². The molecule has 0 aliphatic rings. The smallest absolute Gasteiger partial charge is 0.339 e. The second kappa shape index (κ2) is 5.01. The quantitative estimate of drug-likeness (QED) is 0.765. The second-order valence-corrected chi connectivity index (χ2v) is 4.11. The van der Waals surface area contributed by atoms with Gasteiger partial charge in [0.05, 0.1) is 12.1 Å². The number of fused-ring (bicyclic) bond motifs is 1. The highest BCUT2D eigenvalue weighted by Crippen LogP contribution is 2.21. The van der Waals surface area contributed by atoms with Gasteiger partial charge in [0.15, 0.2) is 0 Å². The van der Waals surface area contributed by atoms with Crippen molar-refractivity contribution in [3.8, 4) is 0 Å². The van der Waals surface area contributed by atoms with Crippen LogP contribution in [0.5, 0.6) is 0 Å². The maximum Gasteiger partial charge on any atom is 0.339 e. The highest BCUT2D eigenvalue weighted by atomic mass is 16.4. The minimum absolute atomic E-state index is 0.0897. The van der Waals surface area contributed by atoms with Crippen LogP contribution in [0.2, 0.25) is 0 Å². The van der Waals surface area contributed by atoms with Crippen LogP contribution in [0.25, 0.3) is 10.9 Å². The Kier molecular flexibility index (Phi) is 3.43. The molecule has 0 fully saturated rings. The van der Waals surface area contributed by atoms with Gasteiger partial charge in [-0.2, -0.15) is 0 Å². The highest BCUT2D eigenvalue weighted by Gasteiger charge is 2.14. The molecule has 2 aromatic rings. The van der Waals surface area contributed by atoms with Crippen molar-refractivity contribution in [2.24, 2.45) is 0 Å². The van der Waals surface area contributed by atoms with Crippen molar-refractivity contribution < 1.29 is 15.0 Å². The first-order valence-corrected chi connectivity index (χ1v) is 5.62. The Morgan fingerprint density at radius 3 is 2.83 bits per heavy atom. The number of hydrogen-bond donors (Lipinski definition) is 3. The number of carboxylic acids is 1. The predicted molar refractivity (Wildman–Crippen MR) is 68.9 cm³/mol. The minimum atomic E-state index is -1.04. The molecule has 2 rings (SSSR count). The number of carbonyl (C=O) groups is 1. The number of aliphatic hydroxyl groups is 1. The largest absolute Gasteiger partial charge is 0.478 e. The van der Waals surface area contributed by atoms with Crippen LogP contribution < -0.4 is 5.32 Å². The van der Waals surface area contributed by atoms with E-state index >= 15 is 0 Å². The first-order chi connectivity index (χ1) is 8.61. The molecule has 1 aromatic carbocycles. The number of hydrogen-bond acceptors (Lipinski definition) is 4. The van der Waals surface area contributed by atoms with E-state index in [9.17, 15) is 4.79 Å². The number of rotatable bonds is 4. The first kappa shape index (κ1) is 12.3. The molecule has 1 atom stereocenters. The van der Waals surface area contributed by atoms with Gasteiger partial charge in [0.1, 0.15) is 11.4 Å². The van der Waals surface area contributed by atoms with E-state index in [-0.39, 0.29) is 24.0 Å². The summed E-state index contributed by atoms with van der Waals surface area (Å²) in [5, 5.41) is 21.8. The lowest BCUT2D eigenvalue weighted by Crippen LogP contribution is -2.22. The molecule has 3 N–H and O–H groups in total. The fourth-order valence-electron chi connectivity index (χ4n) is 1.67. The Morgan fingerprint density at radius 2 is 2.17 bits per heavy atom. The number of benzene rings is 1. The van der Waals surface area contributed by atoms with Crippen LogP contribution >= 0.6 is 0 Å². The van der Waals surface area contributed by atoms with E-state index in [1.165, 1.54) is 0 Å². The number of para-hydroxylation sites is 1. The third-order valence-corrected chi connectivity index (χ3v) is 2.61. The lowest BCUT2D eigenvalue weighted by atomic mass is 10.1. The normalized spacial score (nSPS) is 12.3. The number of aromatic carboxylic acids is 1. The summed E-state index contributed by atoms with van der Waals surface area (Å²) >= 11 is 0. The molecule has 0 spiro atoms. The molecule has 0 saturated heterocycles. The summed E-state index contributed by atoms with van der Waals surface area (Å²) in [5.74, 6) is -0.761. The van der Waals surface area contributed by atoms with E-state index in [0.717, 1.165) is 10.9 Å². The maximum absolute atomic E-state index is 11.2. The highest BCUT2D eigenvalue weighted by molar-refractivity contribution is 5.98. The van der Waals surface area contributed by atoms with Crippen molar-refractivity contribution in [3.05, 3.63) is 35.9 Å². The number of nitrogens with one attached hydrogen (secondary N) is 1. The standard InChI is InChI=1S/C13H14N2O3/c1-8(7-16)14-12-10(13(17)18)6-9-4-2-3-5-11(9)15-12/h2-6,8,16H,7H2,1H3,(H,14,15)(H,17,18). The van der Waals surface area contributed by atoms with Crippen LogP contribution in [-0.2, 0) is 0 Å². The van der Waals surface area contributed by atoms with Gasteiger partial charge in [-0.1, -0.05) is 18.2 Å². The third kappa shape index (κ3) is 2.41. The Balaban J connectivity index is 2.54. The molecule has 1 aromatic heterocycles. The van der Waals surface area contributed by atoms with Crippen LogP contribution in [-0.4, -0.2) is 33.8 Å². The van der Waals surface area contributed by atoms with Crippen molar-refractivity contribution >= 4 is 22.7 Å². The van der Waals surface area contributed by atoms with Gasteiger partial charge in [0.2, 0.25) is 0 Å². The molecule has 0 radical (unpaired) electrons. The van der Waals surface area contributed by atoms with Gasteiger partial charge in [-0.15, -0.1) is 0 Å². The maximum atomic E-state index is 11.2. The Bertz CT molecular complexity index is 583. The van der Waals surface area contributed by atoms with Crippen molar-refractivity contribution in [3.63, 3.8) is 0 Å². The van der Waals surface area contributed by atoms with Crippen molar-refractivity contribution in [2.75, 3.05) is 11.9 Å². The van der Waals surface area contributed by atoms with E-state index < -0.39 is 5.97 Å². The minimum Gasteiger partial charge on any atom is -0.478 e. The van der Waals surface area contributed by atoms with E-state index in [0.29, 0.717) is 0 Å². The van der Waals surface area contributed by atoms with Crippen LogP contribution in [0.15, 0.2) is 30.3 Å². The molecule has 0 saturated carbocycles. The summed E-state index contributed by atoms with van der Waals surface area (Å²) in [6.45, 7) is 1.66. The molecule has 0 bridgehead atoms. The van der Waals surface area contributed by atoms with Gasteiger partial charge in [-0.05, 0) is 19.1 Å². The first-order valence-electron chi connectivity index (χ1n) is 5.62. The average Bonchev–Trinajstić information content (AvgIpc) is 2.37. The summed E-state index contributed by atoms with van der Waals surface area (Å²) in [5.41, 5.74) is 0.823. The van der Waals surface area contributed by atoms with Gasteiger partial charge >= 0.3 is 5.97 Å². The molecular weight excluding hydrogens is 232 g/mol. The topological polar surface area (TPSA) is 82.5 Å². The molecule has 1 unspecified atom stereocenters. The SMILES string of the molecule is CC(CO)Nc1nc2ccccc2cc1C(=O)O. The number of pyridine rings is 1. The second-order valence-electron chi connectivity index (χ2n) is 4.11. The van der Waals surface area contributed by atoms with Gasteiger partial charge in [0, 0.05) is 11.4 Å². The molecule has 0 aliphatic heterocycles. The average molecular weight is 246 g/mol. The van der Waals surface area contributed by atoms with E-state index in [1.54, 1.807) is 13.0 Å². The fourth-order valence-corrected chi connectivity index (χ4v) is 1.67. The van der Waals surface area contributed by atoms with Crippen LogP contribution in [0.1, 0.15) is 17.3 Å². The summed E-state index contributed by atoms with van der Waals surface area (Å²) in [6.07, 6.45) is 0. The summed E-state index contributed by atoms with van der Waals surface area (Å²) in [6, 6.07) is 8.63. The number of carboxylic acid groups (broad SMARTS) is 1. The van der Waals surface area contributed by atoms with E-state index in [4.69, 9.17) is 10.2 Å². The Hall–Kier alpha value is -2.14. The van der Waals surface area contributed by atoms with Crippen LogP contribution in [0.4, 0.5) is 5.82 Å². The van der Waals surface area contributed by atoms with Gasteiger partial charge in [-0.3, -0.25) is 0 Å². The molecule has 5 heteroatoms. The van der Waals surface area contributed by atoms with Gasteiger partial charge in [0.25, 0.3) is 0 Å². The fraction of sp³-hybridized carbons (Fsp3) is 0.231. The summed E-state index contributed by atoms with van der Waals surface area (Å²) in [4.78, 5) is 15.5. The van der Waals surface area contributed by atoms with Crippen LogP contribution in [0, 0.1) is 0 Å². The summed E-state index contributed by atoms with van der Waals surface area (Å²) < 4.78 is 0. The number of nitrogens with zero attached hydrogens (tertiary/aromatic N) is 1. The molecule has 1 heterocycles. The van der Waals surface area contributed by atoms with E-state index in [1.807, 2.05) is 24.3 Å². The zero-order valence-corrected chi connectivity index (χ0v) is 9.92. The lowest BCUT2D eigenvalue weighted by molar-refractivity contribution is 0.0697. The number of aromatic nitrogens is 1. The Labute approximate surface area is 104 Å². The molecule has 18 heavy (non-hydrogen) atoms. The van der Waals surface area contributed by atoms with Crippen molar-refractivity contribution in [1.82, 2.24) is 4.98 Å². The zero-order valence-electron chi connectivity index (χ0n) is 9.92. The third-order valence-electron chi connectivity index (χ3n) is 2.61. The summed E-state index contributed by atoms with van der Waals surface area (Å²) in [7, 11) is 0. The predicted octanol–water partition coefficient (Wildman–Crippen LogP) is 1.73. The number of anilines is 1. The zero-order chi connectivity index (χ0) is 13.1. The monoisotopic (exact) mass is 246 g/mol. The van der Waals surface area contributed by atoms with Gasteiger partial charge in [-0.25, -0.2) is 9.78 Å².